The Morgan fingerprint density at radius 2 is 1.63 bits per heavy atom. The zero-order valence-electron chi connectivity index (χ0n) is 11.9. The maximum atomic E-state index is 5.83. The van der Waals surface area contributed by atoms with Crippen molar-refractivity contribution in [1.29, 1.82) is 0 Å². The minimum Gasteiger partial charge on any atom is -0.493 e. The lowest BCUT2D eigenvalue weighted by Crippen LogP contribution is -2.10. The highest BCUT2D eigenvalue weighted by Crippen LogP contribution is 2.27. The van der Waals surface area contributed by atoms with Gasteiger partial charge in [0.2, 0.25) is 0 Å². The molecule has 0 saturated heterocycles. The van der Waals surface area contributed by atoms with Gasteiger partial charge in [0.25, 0.3) is 0 Å². The number of aromatic nitrogens is 1. The number of hydrogen-bond donors (Lipinski definition) is 1. The smallest absolute Gasteiger partial charge is 0.166 e. The first-order valence-electron chi connectivity index (χ1n) is 6.33. The predicted octanol–water partition coefficient (Wildman–Crippen LogP) is 3.64. The lowest BCUT2D eigenvalue weighted by atomic mass is 9.86. The van der Waals surface area contributed by atoms with Gasteiger partial charge in [0.15, 0.2) is 11.6 Å². The Kier molecular flexibility index (Phi) is 3.47. The van der Waals surface area contributed by atoms with Crippen molar-refractivity contribution in [2.45, 2.75) is 26.2 Å². The number of ether oxygens (including phenoxy) is 1. The van der Waals surface area contributed by atoms with Crippen LogP contribution in [0.2, 0.25) is 0 Å². The highest BCUT2D eigenvalue weighted by molar-refractivity contribution is 5.64. The Labute approximate surface area is 114 Å². The summed E-state index contributed by atoms with van der Waals surface area (Å²) in [5, 5.41) is 0. The van der Waals surface area contributed by atoms with Gasteiger partial charge in [0, 0.05) is 5.56 Å². The molecule has 1 aromatic carbocycles. The van der Waals surface area contributed by atoms with Crippen LogP contribution in [0.1, 0.15) is 26.3 Å². The lowest BCUT2D eigenvalue weighted by molar-refractivity contribution is 0.415. The quantitative estimate of drug-likeness (QED) is 0.892. The van der Waals surface area contributed by atoms with E-state index in [2.05, 4.69) is 50.0 Å². The predicted molar refractivity (Wildman–Crippen MR) is 79.3 cm³/mol. The van der Waals surface area contributed by atoms with Crippen molar-refractivity contribution < 1.29 is 4.74 Å². The maximum absolute atomic E-state index is 5.83. The number of pyridine rings is 1. The van der Waals surface area contributed by atoms with Gasteiger partial charge in [-0.15, -0.1) is 0 Å². The molecule has 0 atom stereocenters. The van der Waals surface area contributed by atoms with Crippen LogP contribution in [0.5, 0.6) is 5.75 Å². The first-order valence-corrected chi connectivity index (χ1v) is 6.33. The third-order valence-electron chi connectivity index (χ3n) is 3.15. The Bertz CT molecular complexity index is 568. The molecule has 0 aliphatic heterocycles. The Morgan fingerprint density at radius 1 is 1.00 bits per heavy atom. The van der Waals surface area contributed by atoms with E-state index in [1.165, 1.54) is 5.56 Å². The number of rotatable bonds is 2. The fourth-order valence-electron chi connectivity index (χ4n) is 1.94. The summed E-state index contributed by atoms with van der Waals surface area (Å²) >= 11 is 0. The summed E-state index contributed by atoms with van der Waals surface area (Å²) in [6, 6.07) is 12.2. The van der Waals surface area contributed by atoms with Gasteiger partial charge in [-0.2, -0.15) is 0 Å². The molecule has 0 radical (unpaired) electrons. The molecule has 0 spiro atoms. The van der Waals surface area contributed by atoms with E-state index in [-0.39, 0.29) is 5.41 Å². The van der Waals surface area contributed by atoms with Crippen LogP contribution >= 0.6 is 0 Å². The molecule has 1 aromatic heterocycles. The van der Waals surface area contributed by atoms with Gasteiger partial charge in [-0.05, 0) is 23.1 Å². The summed E-state index contributed by atoms with van der Waals surface area (Å²) in [5.74, 6) is 1.02. The molecule has 2 rings (SSSR count). The highest BCUT2D eigenvalue weighted by Gasteiger charge is 2.13. The van der Waals surface area contributed by atoms with Crippen molar-refractivity contribution in [3.8, 4) is 17.0 Å². The normalized spacial score (nSPS) is 11.4. The molecule has 2 N–H and O–H groups in total. The van der Waals surface area contributed by atoms with Crippen LogP contribution in [0.25, 0.3) is 11.3 Å². The molecule has 0 bridgehead atoms. The Morgan fingerprint density at radius 3 is 2.11 bits per heavy atom. The molecule has 3 heteroatoms. The molecule has 1 heterocycles. The number of anilines is 1. The number of methoxy groups -OCH3 is 1. The summed E-state index contributed by atoms with van der Waals surface area (Å²) in [5.41, 5.74) is 9.21. The van der Waals surface area contributed by atoms with Crippen LogP contribution in [-0.2, 0) is 5.41 Å². The van der Waals surface area contributed by atoms with Gasteiger partial charge >= 0.3 is 0 Å². The van der Waals surface area contributed by atoms with Crippen LogP contribution in [0.3, 0.4) is 0 Å². The third-order valence-corrected chi connectivity index (χ3v) is 3.15. The van der Waals surface area contributed by atoms with Gasteiger partial charge in [-0.3, -0.25) is 0 Å². The van der Waals surface area contributed by atoms with Crippen molar-refractivity contribution in [1.82, 2.24) is 4.98 Å². The number of nitrogens with two attached hydrogens (primary N) is 1. The topological polar surface area (TPSA) is 48.1 Å². The van der Waals surface area contributed by atoms with Gasteiger partial charge < -0.3 is 10.5 Å². The molecule has 0 fully saturated rings. The van der Waals surface area contributed by atoms with Crippen LogP contribution < -0.4 is 10.5 Å². The molecular formula is C16H20N2O. The van der Waals surface area contributed by atoms with Crippen LogP contribution in [0, 0.1) is 0 Å². The summed E-state index contributed by atoms with van der Waals surface area (Å²) in [4.78, 5) is 4.36. The van der Waals surface area contributed by atoms with Crippen LogP contribution in [-0.4, -0.2) is 12.1 Å². The molecule has 100 valence electrons. The molecular weight excluding hydrogens is 236 g/mol. The van der Waals surface area contributed by atoms with E-state index in [4.69, 9.17) is 10.5 Å². The molecule has 19 heavy (non-hydrogen) atoms. The number of nitrogens with zero attached hydrogens (tertiary/aromatic N) is 1. The van der Waals surface area contributed by atoms with Crippen molar-refractivity contribution in [3.63, 3.8) is 0 Å². The minimum atomic E-state index is 0.158. The molecule has 0 saturated carbocycles. The maximum Gasteiger partial charge on any atom is 0.166 e. The fourth-order valence-corrected chi connectivity index (χ4v) is 1.94. The monoisotopic (exact) mass is 256 g/mol. The molecule has 0 unspecified atom stereocenters. The molecule has 0 aliphatic rings. The number of hydrogen-bond acceptors (Lipinski definition) is 3. The number of benzene rings is 1. The average Bonchev–Trinajstić information content (AvgIpc) is 2.38. The second kappa shape index (κ2) is 4.92. The second-order valence-electron chi connectivity index (χ2n) is 5.61. The van der Waals surface area contributed by atoms with Crippen molar-refractivity contribution >= 4 is 5.82 Å². The van der Waals surface area contributed by atoms with Gasteiger partial charge in [0.1, 0.15) is 0 Å². The summed E-state index contributed by atoms with van der Waals surface area (Å²) < 4.78 is 5.11. The first kappa shape index (κ1) is 13.4. The number of nitrogen functional groups attached to an aromatic ring is 1. The third kappa shape index (κ3) is 2.87. The van der Waals surface area contributed by atoms with Crippen LogP contribution in [0.15, 0.2) is 36.4 Å². The first-order chi connectivity index (χ1) is 8.91. The van der Waals surface area contributed by atoms with E-state index in [0.29, 0.717) is 11.6 Å². The highest BCUT2D eigenvalue weighted by atomic mass is 16.5. The largest absolute Gasteiger partial charge is 0.493 e. The standard InChI is InChI=1S/C16H20N2O/c1-16(2,3)12-7-5-11(6-8-12)13-9-10-14(19-4)15(17)18-13/h5-10H,1-4H3,(H2,17,18). The van der Waals surface area contributed by atoms with E-state index in [9.17, 15) is 0 Å². The van der Waals surface area contributed by atoms with E-state index in [0.717, 1.165) is 11.3 Å². The zero-order valence-corrected chi connectivity index (χ0v) is 11.9. The van der Waals surface area contributed by atoms with E-state index >= 15 is 0 Å². The summed E-state index contributed by atoms with van der Waals surface area (Å²) in [7, 11) is 1.59. The molecule has 0 aliphatic carbocycles. The summed E-state index contributed by atoms with van der Waals surface area (Å²) in [6.07, 6.45) is 0. The minimum absolute atomic E-state index is 0.158. The zero-order chi connectivity index (χ0) is 14.0. The molecule has 2 aromatic rings. The molecule has 3 nitrogen and oxygen atoms in total. The van der Waals surface area contributed by atoms with E-state index in [1.807, 2.05) is 12.1 Å². The van der Waals surface area contributed by atoms with Crippen molar-refractivity contribution in [3.05, 3.63) is 42.0 Å². The lowest BCUT2D eigenvalue weighted by Gasteiger charge is -2.19. The van der Waals surface area contributed by atoms with Crippen molar-refractivity contribution in [2.75, 3.05) is 12.8 Å². The Hall–Kier alpha value is -2.03. The Balaban J connectivity index is 2.35. The van der Waals surface area contributed by atoms with E-state index < -0.39 is 0 Å². The second-order valence-corrected chi connectivity index (χ2v) is 5.61. The molecule has 0 amide bonds. The van der Waals surface area contributed by atoms with Gasteiger partial charge in [0.05, 0.1) is 12.8 Å². The average molecular weight is 256 g/mol. The van der Waals surface area contributed by atoms with E-state index in [1.54, 1.807) is 7.11 Å². The van der Waals surface area contributed by atoms with Crippen molar-refractivity contribution in [2.24, 2.45) is 0 Å². The van der Waals surface area contributed by atoms with Gasteiger partial charge in [-0.1, -0.05) is 45.0 Å². The summed E-state index contributed by atoms with van der Waals surface area (Å²) in [6.45, 7) is 6.60. The fraction of sp³-hybridized carbons (Fsp3) is 0.312. The SMILES string of the molecule is COc1ccc(-c2ccc(C(C)(C)C)cc2)nc1N. The van der Waals surface area contributed by atoms with Gasteiger partial charge in [-0.25, -0.2) is 4.98 Å². The van der Waals surface area contributed by atoms with Crippen LogP contribution in [0.4, 0.5) is 5.82 Å².